The summed E-state index contributed by atoms with van der Waals surface area (Å²) >= 11 is 12.5. The van der Waals surface area contributed by atoms with E-state index in [0.717, 1.165) is 0 Å². The SMILES string of the molecule is O=C1C(Cl)=C(Oc2ccc(N=Nc3ccccc3)cc2)C(=O)C(Cl)=C1Oc1ccc(N=Nc2ccccc2)cc1. The molecule has 1 aliphatic carbocycles. The van der Waals surface area contributed by atoms with Crippen molar-refractivity contribution in [2.45, 2.75) is 0 Å². The van der Waals surface area contributed by atoms with E-state index in [9.17, 15) is 9.59 Å². The van der Waals surface area contributed by atoms with Crippen LogP contribution in [0.1, 0.15) is 0 Å². The van der Waals surface area contributed by atoms with Crippen molar-refractivity contribution in [2.75, 3.05) is 0 Å². The van der Waals surface area contributed by atoms with E-state index >= 15 is 0 Å². The minimum absolute atomic E-state index is 0.252. The Kier molecular flexibility index (Phi) is 8.20. The first kappa shape index (κ1) is 26.7. The molecule has 0 aliphatic heterocycles. The van der Waals surface area contributed by atoms with E-state index in [4.69, 9.17) is 32.7 Å². The van der Waals surface area contributed by atoms with Gasteiger partial charge in [0.25, 0.3) is 0 Å². The van der Waals surface area contributed by atoms with Gasteiger partial charge in [0, 0.05) is 0 Å². The lowest BCUT2D eigenvalue weighted by Gasteiger charge is -2.18. The number of carbonyl (C=O) groups is 2. The number of Topliss-reactive ketones (excluding diaryl/α,β-unsaturated/α-hetero) is 2. The zero-order chi connectivity index (χ0) is 27.9. The van der Waals surface area contributed by atoms with E-state index in [1.807, 2.05) is 60.7 Å². The van der Waals surface area contributed by atoms with Crippen LogP contribution in [0, 0.1) is 0 Å². The average Bonchev–Trinajstić information content (AvgIpc) is 3.00. The minimum Gasteiger partial charge on any atom is -0.451 e. The van der Waals surface area contributed by atoms with Crippen LogP contribution in [-0.4, -0.2) is 11.6 Å². The van der Waals surface area contributed by atoms with Crippen LogP contribution in [0.5, 0.6) is 11.5 Å². The molecule has 0 bridgehead atoms. The molecule has 196 valence electrons. The van der Waals surface area contributed by atoms with Crippen LogP contribution < -0.4 is 9.47 Å². The number of carbonyl (C=O) groups excluding carboxylic acids is 2. The number of hydrogen-bond donors (Lipinski definition) is 0. The maximum absolute atomic E-state index is 12.9. The summed E-state index contributed by atoms with van der Waals surface area (Å²) in [6, 6.07) is 31.3. The molecular weight excluding hydrogens is 551 g/mol. The van der Waals surface area contributed by atoms with Crippen molar-refractivity contribution in [1.82, 2.24) is 0 Å². The second-order valence-electron chi connectivity index (χ2n) is 8.21. The highest BCUT2D eigenvalue weighted by Gasteiger charge is 2.37. The van der Waals surface area contributed by atoms with E-state index in [2.05, 4.69) is 20.5 Å². The smallest absolute Gasteiger partial charge is 0.245 e. The number of halogens is 2. The first-order chi connectivity index (χ1) is 19.5. The minimum atomic E-state index is -0.789. The van der Waals surface area contributed by atoms with Gasteiger partial charge >= 0.3 is 0 Å². The molecule has 0 aromatic heterocycles. The molecule has 0 radical (unpaired) electrons. The highest BCUT2D eigenvalue weighted by Crippen LogP contribution is 2.33. The van der Waals surface area contributed by atoms with Crippen LogP contribution in [0.3, 0.4) is 0 Å². The normalized spacial score (nSPS) is 13.9. The number of allylic oxidation sites excluding steroid dienone is 2. The van der Waals surface area contributed by atoms with Crippen molar-refractivity contribution >= 4 is 57.5 Å². The summed E-state index contributed by atoms with van der Waals surface area (Å²) in [5.74, 6) is -1.88. The van der Waals surface area contributed by atoms with E-state index in [1.54, 1.807) is 48.5 Å². The summed E-state index contributed by atoms with van der Waals surface area (Å²) in [6.07, 6.45) is 0. The monoisotopic (exact) mass is 568 g/mol. The number of rotatable bonds is 8. The van der Waals surface area contributed by atoms with Gasteiger partial charge in [-0.2, -0.15) is 20.5 Å². The Morgan fingerprint density at radius 1 is 0.425 bits per heavy atom. The van der Waals surface area contributed by atoms with Gasteiger partial charge in [-0.3, -0.25) is 9.59 Å². The Balaban J connectivity index is 1.25. The molecule has 0 fully saturated rings. The average molecular weight is 569 g/mol. The van der Waals surface area contributed by atoms with Gasteiger partial charge in [-0.15, -0.1) is 0 Å². The van der Waals surface area contributed by atoms with Gasteiger partial charge in [0.1, 0.15) is 21.6 Å². The van der Waals surface area contributed by atoms with Crippen molar-refractivity contribution < 1.29 is 19.1 Å². The molecule has 4 aromatic rings. The molecule has 40 heavy (non-hydrogen) atoms. The molecule has 0 N–H and O–H groups in total. The summed E-state index contributed by atoms with van der Waals surface area (Å²) in [5.41, 5.74) is 2.53. The van der Waals surface area contributed by atoms with E-state index in [0.29, 0.717) is 22.7 Å². The lowest BCUT2D eigenvalue weighted by molar-refractivity contribution is -0.118. The number of ketones is 2. The van der Waals surface area contributed by atoms with Crippen LogP contribution in [-0.2, 0) is 9.59 Å². The van der Waals surface area contributed by atoms with Gasteiger partial charge < -0.3 is 9.47 Å². The van der Waals surface area contributed by atoms with Gasteiger partial charge in [-0.1, -0.05) is 59.6 Å². The number of ether oxygens (including phenoxy) is 2. The molecule has 5 rings (SSSR count). The highest BCUT2D eigenvalue weighted by molar-refractivity contribution is 6.55. The molecule has 0 saturated carbocycles. The summed E-state index contributed by atoms with van der Waals surface area (Å²) < 4.78 is 11.2. The molecule has 0 atom stereocenters. The predicted molar refractivity (Wildman–Crippen MR) is 151 cm³/mol. The van der Waals surface area contributed by atoms with Crippen molar-refractivity contribution in [1.29, 1.82) is 0 Å². The van der Waals surface area contributed by atoms with Crippen molar-refractivity contribution in [3.8, 4) is 11.5 Å². The van der Waals surface area contributed by atoms with Crippen LogP contribution in [0.2, 0.25) is 0 Å². The van der Waals surface area contributed by atoms with Gasteiger partial charge in [0.2, 0.25) is 11.6 Å². The standard InChI is InChI=1S/C30H18Cl2N4O4/c31-25-28(38)30(40-24-17-13-22(14-18-24)36-34-20-9-5-2-6-10-20)26(32)27(37)29(25)39-23-15-11-21(12-16-23)35-33-19-7-3-1-4-8-19/h1-18H. The van der Waals surface area contributed by atoms with Gasteiger partial charge in [-0.25, -0.2) is 0 Å². The first-order valence-electron chi connectivity index (χ1n) is 11.9. The summed E-state index contributed by atoms with van der Waals surface area (Å²) in [5, 5.41) is 15.7. The maximum Gasteiger partial charge on any atom is 0.245 e. The van der Waals surface area contributed by atoms with Crippen LogP contribution in [0.4, 0.5) is 22.7 Å². The summed E-state index contributed by atoms with van der Waals surface area (Å²) in [4.78, 5) is 25.9. The molecule has 1 aliphatic rings. The molecule has 0 unspecified atom stereocenters. The van der Waals surface area contributed by atoms with E-state index < -0.39 is 33.1 Å². The Hall–Kier alpha value is -4.92. The van der Waals surface area contributed by atoms with Crippen LogP contribution in [0.25, 0.3) is 0 Å². The zero-order valence-corrected chi connectivity index (χ0v) is 22.1. The first-order valence-corrected chi connectivity index (χ1v) is 12.6. The van der Waals surface area contributed by atoms with E-state index in [1.165, 1.54) is 0 Å². The lowest BCUT2D eigenvalue weighted by Crippen LogP contribution is -2.25. The molecule has 0 amide bonds. The molecule has 10 heteroatoms. The number of nitrogens with zero attached hydrogens (tertiary/aromatic N) is 4. The zero-order valence-electron chi connectivity index (χ0n) is 20.6. The van der Waals surface area contributed by atoms with Crippen molar-refractivity contribution in [2.24, 2.45) is 20.5 Å². The van der Waals surface area contributed by atoms with Gasteiger partial charge in [0.15, 0.2) is 11.5 Å². The lowest BCUT2D eigenvalue weighted by atomic mass is 10.1. The molecule has 4 aromatic carbocycles. The number of azo groups is 2. The Bertz CT molecular complexity index is 1540. The number of hydrogen-bond acceptors (Lipinski definition) is 8. The second kappa shape index (κ2) is 12.3. The summed E-state index contributed by atoms with van der Waals surface area (Å²) in [6.45, 7) is 0. The van der Waals surface area contributed by atoms with Crippen LogP contribution >= 0.6 is 23.2 Å². The quantitative estimate of drug-likeness (QED) is 0.156. The molecular formula is C30H18Cl2N4O4. The fraction of sp³-hybridized carbons (Fsp3) is 0. The highest BCUT2D eigenvalue weighted by atomic mass is 35.5. The third kappa shape index (κ3) is 6.37. The topological polar surface area (TPSA) is 102 Å². The van der Waals surface area contributed by atoms with Gasteiger partial charge in [-0.05, 0) is 72.8 Å². The fourth-order valence-corrected chi connectivity index (χ4v) is 3.83. The third-order valence-corrected chi connectivity index (χ3v) is 6.08. The predicted octanol–water partition coefficient (Wildman–Crippen LogP) is 9.03. The summed E-state index contributed by atoms with van der Waals surface area (Å²) in [7, 11) is 0. The maximum atomic E-state index is 12.9. The number of benzene rings is 4. The third-order valence-electron chi connectivity index (χ3n) is 5.40. The van der Waals surface area contributed by atoms with Gasteiger partial charge in [0.05, 0.1) is 22.7 Å². The van der Waals surface area contributed by atoms with E-state index in [-0.39, 0.29) is 11.5 Å². The molecule has 0 spiro atoms. The largest absolute Gasteiger partial charge is 0.451 e. The molecule has 0 heterocycles. The van der Waals surface area contributed by atoms with Crippen molar-refractivity contribution in [3.63, 3.8) is 0 Å². The Morgan fingerprint density at radius 3 is 1.05 bits per heavy atom. The fourth-order valence-electron chi connectivity index (χ4n) is 3.40. The van der Waals surface area contributed by atoms with Crippen LogP contribution in [0.15, 0.2) is 151 Å². The van der Waals surface area contributed by atoms with Crippen molar-refractivity contribution in [3.05, 3.63) is 131 Å². The Morgan fingerprint density at radius 2 is 0.725 bits per heavy atom. The molecule has 0 saturated heterocycles. The Labute approximate surface area is 238 Å². The second-order valence-corrected chi connectivity index (χ2v) is 8.96. The molecule has 8 nitrogen and oxygen atoms in total.